The minimum Gasteiger partial charge on any atom is -0.485 e. The summed E-state index contributed by atoms with van der Waals surface area (Å²) in [4.78, 5) is 11.7. The Balaban J connectivity index is 3.13. The van der Waals surface area contributed by atoms with E-state index in [2.05, 4.69) is 0 Å². The summed E-state index contributed by atoms with van der Waals surface area (Å²) in [5.41, 5.74) is 6.21. The van der Waals surface area contributed by atoms with Crippen LogP contribution in [0.5, 0.6) is 5.75 Å². The number of anilines is 1. The molecule has 17 heavy (non-hydrogen) atoms. The van der Waals surface area contributed by atoms with Crippen LogP contribution in [0.15, 0.2) is 18.2 Å². The lowest BCUT2D eigenvalue weighted by molar-refractivity contribution is 0.0513. The van der Waals surface area contributed by atoms with Gasteiger partial charge in [-0.2, -0.15) is 0 Å². The number of ether oxygens (including phenoxy) is 2. The first-order valence-electron chi connectivity index (χ1n) is 5.59. The molecule has 2 N–H and O–H groups in total. The summed E-state index contributed by atoms with van der Waals surface area (Å²) in [7, 11) is 0. The Kier molecular flexibility index (Phi) is 3.99. The zero-order valence-electron chi connectivity index (χ0n) is 10.7. The van der Waals surface area contributed by atoms with Crippen LogP contribution >= 0.6 is 0 Å². The summed E-state index contributed by atoms with van der Waals surface area (Å²) in [5, 5.41) is 0. The molecule has 0 spiro atoms. The van der Waals surface area contributed by atoms with E-state index in [0.29, 0.717) is 23.6 Å². The molecule has 0 amide bonds. The molecule has 4 heteroatoms. The Labute approximate surface area is 102 Å². The van der Waals surface area contributed by atoms with Gasteiger partial charge in [-0.1, -0.05) is 6.07 Å². The highest BCUT2D eigenvalue weighted by Gasteiger charge is 2.21. The molecule has 0 saturated carbocycles. The zero-order valence-corrected chi connectivity index (χ0v) is 10.7. The highest BCUT2D eigenvalue weighted by molar-refractivity contribution is 5.94. The predicted octanol–water partition coefficient (Wildman–Crippen LogP) is 2.62. The molecule has 0 atom stereocenters. The van der Waals surface area contributed by atoms with Crippen LogP contribution in [0, 0.1) is 0 Å². The monoisotopic (exact) mass is 237 g/mol. The Bertz CT molecular complexity index is 408. The first kappa shape index (κ1) is 13.4. The smallest absolute Gasteiger partial charge is 0.341 e. The first-order valence-corrected chi connectivity index (χ1v) is 5.59. The maximum atomic E-state index is 11.7. The maximum Gasteiger partial charge on any atom is 0.341 e. The SMILES string of the molecule is CCOC(=O)c1cccc(N)c1OC(C)(C)C. The van der Waals surface area contributed by atoms with Crippen LogP contribution in [0.4, 0.5) is 5.69 Å². The van der Waals surface area contributed by atoms with Gasteiger partial charge in [0.2, 0.25) is 0 Å². The molecule has 0 unspecified atom stereocenters. The number of carbonyl (C=O) groups excluding carboxylic acids is 1. The van der Waals surface area contributed by atoms with Gasteiger partial charge in [-0.15, -0.1) is 0 Å². The van der Waals surface area contributed by atoms with Crippen LogP contribution in [0.1, 0.15) is 38.1 Å². The normalized spacial score (nSPS) is 11.1. The average molecular weight is 237 g/mol. The highest BCUT2D eigenvalue weighted by atomic mass is 16.5. The van der Waals surface area contributed by atoms with Gasteiger partial charge in [0.1, 0.15) is 11.2 Å². The number of nitrogens with two attached hydrogens (primary N) is 1. The fourth-order valence-corrected chi connectivity index (χ4v) is 1.34. The van der Waals surface area contributed by atoms with E-state index in [9.17, 15) is 4.79 Å². The number of rotatable bonds is 3. The van der Waals surface area contributed by atoms with Crippen molar-refractivity contribution in [2.75, 3.05) is 12.3 Å². The molecule has 4 nitrogen and oxygen atoms in total. The van der Waals surface area contributed by atoms with Crippen molar-refractivity contribution in [3.8, 4) is 5.75 Å². The van der Waals surface area contributed by atoms with E-state index in [1.807, 2.05) is 20.8 Å². The van der Waals surface area contributed by atoms with Crippen LogP contribution in [0.3, 0.4) is 0 Å². The third kappa shape index (κ3) is 3.66. The second kappa shape index (κ2) is 5.08. The van der Waals surface area contributed by atoms with Crippen molar-refractivity contribution < 1.29 is 14.3 Å². The summed E-state index contributed by atoms with van der Waals surface area (Å²) in [6, 6.07) is 5.05. The zero-order chi connectivity index (χ0) is 13.1. The summed E-state index contributed by atoms with van der Waals surface area (Å²) in [5.74, 6) is -0.0301. The Morgan fingerprint density at radius 2 is 2.00 bits per heavy atom. The molecule has 0 aromatic heterocycles. The number of hydrogen-bond donors (Lipinski definition) is 1. The van der Waals surface area contributed by atoms with E-state index in [4.69, 9.17) is 15.2 Å². The van der Waals surface area contributed by atoms with Crippen molar-refractivity contribution in [3.05, 3.63) is 23.8 Å². The summed E-state index contributed by atoms with van der Waals surface area (Å²) in [6.07, 6.45) is 0. The third-order valence-corrected chi connectivity index (χ3v) is 1.95. The van der Waals surface area contributed by atoms with E-state index in [-0.39, 0.29) is 0 Å². The minimum absolute atomic E-state index is 0.322. The average Bonchev–Trinajstić information content (AvgIpc) is 2.19. The third-order valence-electron chi connectivity index (χ3n) is 1.95. The topological polar surface area (TPSA) is 61.5 Å². The molecule has 0 radical (unpaired) electrons. The molecular formula is C13H19NO3. The summed E-state index contributed by atoms with van der Waals surface area (Å²) >= 11 is 0. The Morgan fingerprint density at radius 3 is 2.53 bits per heavy atom. The molecule has 0 aliphatic rings. The van der Waals surface area contributed by atoms with Gasteiger partial charge in [-0.05, 0) is 39.8 Å². The number of nitrogen functional groups attached to an aromatic ring is 1. The van der Waals surface area contributed by atoms with Crippen molar-refractivity contribution in [1.29, 1.82) is 0 Å². The molecular weight excluding hydrogens is 218 g/mol. The minimum atomic E-state index is -0.420. The molecule has 0 bridgehead atoms. The van der Waals surface area contributed by atoms with Gasteiger partial charge < -0.3 is 15.2 Å². The quantitative estimate of drug-likeness (QED) is 0.648. The fraction of sp³-hybridized carbons (Fsp3) is 0.462. The van der Waals surface area contributed by atoms with Crippen molar-refractivity contribution in [2.24, 2.45) is 0 Å². The molecule has 1 rings (SSSR count). The van der Waals surface area contributed by atoms with E-state index in [1.165, 1.54) is 0 Å². The van der Waals surface area contributed by atoms with Crippen LogP contribution < -0.4 is 10.5 Å². The number of esters is 1. The largest absolute Gasteiger partial charge is 0.485 e. The Hall–Kier alpha value is -1.71. The summed E-state index contributed by atoms with van der Waals surface area (Å²) < 4.78 is 10.7. The first-order chi connectivity index (χ1) is 7.85. The maximum absolute atomic E-state index is 11.7. The van der Waals surface area contributed by atoms with Gasteiger partial charge in [0.05, 0.1) is 12.3 Å². The number of carbonyl (C=O) groups is 1. The second-order valence-electron chi connectivity index (χ2n) is 4.66. The summed E-state index contributed by atoms with van der Waals surface area (Å²) in [6.45, 7) is 7.77. The lowest BCUT2D eigenvalue weighted by Gasteiger charge is -2.23. The van der Waals surface area contributed by atoms with E-state index in [1.54, 1.807) is 25.1 Å². The van der Waals surface area contributed by atoms with Crippen LogP contribution in [-0.2, 0) is 4.74 Å². The number of benzene rings is 1. The highest BCUT2D eigenvalue weighted by Crippen LogP contribution is 2.30. The van der Waals surface area contributed by atoms with Crippen LogP contribution in [0.2, 0.25) is 0 Å². The number of para-hydroxylation sites is 1. The van der Waals surface area contributed by atoms with Crippen molar-refractivity contribution in [3.63, 3.8) is 0 Å². The van der Waals surface area contributed by atoms with Gasteiger partial charge in [0.15, 0.2) is 5.75 Å². The molecule has 0 aliphatic carbocycles. The standard InChI is InChI=1S/C13H19NO3/c1-5-16-12(15)9-7-6-8-10(14)11(9)17-13(2,3)4/h6-8H,5,14H2,1-4H3. The molecule has 1 aromatic rings. The lowest BCUT2D eigenvalue weighted by Crippen LogP contribution is -2.25. The Morgan fingerprint density at radius 1 is 1.35 bits per heavy atom. The van der Waals surface area contributed by atoms with Crippen molar-refractivity contribution in [1.82, 2.24) is 0 Å². The van der Waals surface area contributed by atoms with Crippen molar-refractivity contribution in [2.45, 2.75) is 33.3 Å². The molecule has 1 aromatic carbocycles. The van der Waals surface area contributed by atoms with Gasteiger partial charge >= 0.3 is 5.97 Å². The molecule has 94 valence electrons. The van der Waals surface area contributed by atoms with Crippen LogP contribution in [-0.4, -0.2) is 18.2 Å². The van der Waals surface area contributed by atoms with E-state index in [0.717, 1.165) is 0 Å². The number of hydrogen-bond acceptors (Lipinski definition) is 4. The molecule has 0 fully saturated rings. The lowest BCUT2D eigenvalue weighted by atomic mass is 10.1. The van der Waals surface area contributed by atoms with Gasteiger partial charge in [0.25, 0.3) is 0 Å². The molecule has 0 saturated heterocycles. The van der Waals surface area contributed by atoms with Gasteiger partial charge in [-0.25, -0.2) is 4.79 Å². The van der Waals surface area contributed by atoms with E-state index >= 15 is 0 Å². The molecule has 0 heterocycles. The van der Waals surface area contributed by atoms with Crippen LogP contribution in [0.25, 0.3) is 0 Å². The van der Waals surface area contributed by atoms with Gasteiger partial charge in [-0.3, -0.25) is 0 Å². The van der Waals surface area contributed by atoms with Gasteiger partial charge in [0, 0.05) is 0 Å². The van der Waals surface area contributed by atoms with E-state index < -0.39 is 11.6 Å². The predicted molar refractivity (Wildman–Crippen MR) is 67.2 cm³/mol. The second-order valence-corrected chi connectivity index (χ2v) is 4.66. The van der Waals surface area contributed by atoms with Crippen molar-refractivity contribution >= 4 is 11.7 Å². The fourth-order valence-electron chi connectivity index (χ4n) is 1.34. The molecule has 0 aliphatic heterocycles.